The van der Waals surface area contributed by atoms with Gasteiger partial charge in [0.05, 0.1) is 0 Å². The van der Waals surface area contributed by atoms with Crippen molar-refractivity contribution >= 4 is 34.0 Å². The van der Waals surface area contributed by atoms with Crippen LogP contribution in [0.3, 0.4) is 0 Å². The van der Waals surface area contributed by atoms with Crippen molar-refractivity contribution in [3.63, 3.8) is 0 Å². The normalized spacial score (nSPS) is 10.0. The SMILES string of the molecule is Cc1cccc(NC(=O)C(=O)Nc2nccs2)c1C. The molecule has 0 aliphatic heterocycles. The maximum atomic E-state index is 11.8. The van der Waals surface area contributed by atoms with E-state index >= 15 is 0 Å². The first-order valence-corrected chi connectivity index (χ1v) is 6.54. The maximum absolute atomic E-state index is 11.8. The van der Waals surface area contributed by atoms with Gasteiger partial charge in [-0.15, -0.1) is 11.3 Å². The number of hydrogen-bond donors (Lipinski definition) is 2. The fraction of sp³-hybridized carbons (Fsp3) is 0.154. The van der Waals surface area contributed by atoms with Crippen molar-refractivity contribution in [1.82, 2.24) is 4.98 Å². The molecule has 2 N–H and O–H groups in total. The van der Waals surface area contributed by atoms with Gasteiger partial charge >= 0.3 is 11.8 Å². The number of nitrogens with zero attached hydrogens (tertiary/aromatic N) is 1. The van der Waals surface area contributed by atoms with Crippen molar-refractivity contribution in [2.24, 2.45) is 0 Å². The van der Waals surface area contributed by atoms with Crippen LogP contribution in [0.4, 0.5) is 10.8 Å². The standard InChI is InChI=1S/C13H13N3O2S/c1-8-4-3-5-10(9(8)2)15-11(17)12(18)16-13-14-6-7-19-13/h3-7H,1-2H3,(H,15,17)(H,14,16,18). The average Bonchev–Trinajstić information content (AvgIpc) is 2.87. The van der Waals surface area contributed by atoms with Crippen molar-refractivity contribution in [2.75, 3.05) is 10.6 Å². The summed E-state index contributed by atoms with van der Waals surface area (Å²) in [5.74, 6) is -1.43. The van der Waals surface area contributed by atoms with Crippen LogP contribution in [0.15, 0.2) is 29.8 Å². The fourth-order valence-corrected chi connectivity index (χ4v) is 2.03. The molecule has 0 atom stereocenters. The minimum absolute atomic E-state index is 0.404. The van der Waals surface area contributed by atoms with Crippen molar-refractivity contribution in [1.29, 1.82) is 0 Å². The summed E-state index contributed by atoms with van der Waals surface area (Å²) in [4.78, 5) is 27.3. The van der Waals surface area contributed by atoms with E-state index in [2.05, 4.69) is 15.6 Å². The first-order chi connectivity index (χ1) is 9.08. The van der Waals surface area contributed by atoms with Crippen molar-refractivity contribution in [2.45, 2.75) is 13.8 Å². The summed E-state index contributed by atoms with van der Waals surface area (Å²) in [5, 5.41) is 7.15. The second-order valence-electron chi connectivity index (χ2n) is 3.99. The van der Waals surface area contributed by atoms with E-state index in [1.54, 1.807) is 17.6 Å². The Kier molecular flexibility index (Phi) is 3.91. The van der Waals surface area contributed by atoms with E-state index < -0.39 is 11.8 Å². The van der Waals surface area contributed by atoms with E-state index in [1.807, 2.05) is 26.0 Å². The molecule has 2 rings (SSSR count). The molecule has 98 valence electrons. The van der Waals surface area contributed by atoms with Gasteiger partial charge in [0.25, 0.3) is 0 Å². The summed E-state index contributed by atoms with van der Waals surface area (Å²) >= 11 is 1.26. The topological polar surface area (TPSA) is 71.1 Å². The first-order valence-electron chi connectivity index (χ1n) is 5.66. The van der Waals surface area contributed by atoms with Gasteiger partial charge in [-0.25, -0.2) is 4.98 Å². The summed E-state index contributed by atoms with van der Waals surface area (Å²) < 4.78 is 0. The molecule has 1 heterocycles. The highest BCUT2D eigenvalue weighted by molar-refractivity contribution is 7.13. The van der Waals surface area contributed by atoms with Crippen LogP contribution in [0, 0.1) is 13.8 Å². The minimum Gasteiger partial charge on any atom is -0.318 e. The number of benzene rings is 1. The average molecular weight is 275 g/mol. The van der Waals surface area contributed by atoms with Gasteiger partial charge in [-0.05, 0) is 31.0 Å². The minimum atomic E-state index is -0.726. The molecule has 2 amide bonds. The van der Waals surface area contributed by atoms with Gasteiger partial charge in [-0.3, -0.25) is 14.9 Å². The number of carbonyl (C=O) groups is 2. The Balaban J connectivity index is 2.04. The van der Waals surface area contributed by atoms with Crippen LogP contribution in [-0.4, -0.2) is 16.8 Å². The highest BCUT2D eigenvalue weighted by Crippen LogP contribution is 2.18. The first kappa shape index (κ1) is 13.2. The van der Waals surface area contributed by atoms with E-state index in [4.69, 9.17) is 0 Å². The number of amides is 2. The summed E-state index contributed by atoms with van der Waals surface area (Å²) in [7, 11) is 0. The maximum Gasteiger partial charge on any atom is 0.315 e. The molecule has 0 spiro atoms. The molecule has 5 nitrogen and oxygen atoms in total. The van der Waals surface area contributed by atoms with Gasteiger partial charge in [0.2, 0.25) is 0 Å². The fourth-order valence-electron chi connectivity index (χ4n) is 1.50. The number of carbonyl (C=O) groups excluding carboxylic acids is 2. The highest BCUT2D eigenvalue weighted by Gasteiger charge is 2.16. The molecule has 1 aromatic heterocycles. The Morgan fingerprint density at radius 2 is 1.89 bits per heavy atom. The number of thiazole rings is 1. The molecule has 6 heteroatoms. The second kappa shape index (κ2) is 5.62. The molecule has 0 saturated heterocycles. The number of nitrogens with one attached hydrogen (secondary N) is 2. The van der Waals surface area contributed by atoms with Crippen LogP contribution >= 0.6 is 11.3 Å². The smallest absolute Gasteiger partial charge is 0.315 e. The Morgan fingerprint density at radius 3 is 2.58 bits per heavy atom. The molecule has 0 aliphatic rings. The number of rotatable bonds is 2. The van der Waals surface area contributed by atoms with Crippen molar-refractivity contribution < 1.29 is 9.59 Å². The summed E-state index contributed by atoms with van der Waals surface area (Å²) in [5.41, 5.74) is 2.63. The molecule has 0 radical (unpaired) electrons. The summed E-state index contributed by atoms with van der Waals surface area (Å²) in [6, 6.07) is 5.54. The second-order valence-corrected chi connectivity index (χ2v) is 4.89. The van der Waals surface area contributed by atoms with Gasteiger partial charge in [0.15, 0.2) is 5.13 Å². The monoisotopic (exact) mass is 275 g/mol. The van der Waals surface area contributed by atoms with E-state index in [9.17, 15) is 9.59 Å². The van der Waals surface area contributed by atoms with Gasteiger partial charge in [0.1, 0.15) is 0 Å². The van der Waals surface area contributed by atoms with Crippen molar-refractivity contribution in [3.05, 3.63) is 40.9 Å². The molecule has 0 saturated carbocycles. The molecule has 0 aliphatic carbocycles. The summed E-state index contributed by atoms with van der Waals surface area (Å²) in [6.45, 7) is 3.84. The zero-order valence-corrected chi connectivity index (χ0v) is 11.4. The molecule has 0 unspecified atom stereocenters. The number of aromatic nitrogens is 1. The third-order valence-corrected chi connectivity index (χ3v) is 3.40. The molecule has 1 aromatic carbocycles. The lowest BCUT2D eigenvalue weighted by molar-refractivity contribution is -0.133. The molecule has 19 heavy (non-hydrogen) atoms. The van der Waals surface area contributed by atoms with Gasteiger partial charge in [-0.1, -0.05) is 12.1 Å². The Labute approximate surface area is 114 Å². The van der Waals surface area contributed by atoms with E-state index in [1.165, 1.54) is 11.3 Å². The lowest BCUT2D eigenvalue weighted by Gasteiger charge is -2.09. The van der Waals surface area contributed by atoms with Crippen LogP contribution < -0.4 is 10.6 Å². The highest BCUT2D eigenvalue weighted by atomic mass is 32.1. The molecule has 2 aromatic rings. The predicted octanol–water partition coefficient (Wildman–Crippen LogP) is 2.34. The number of hydrogen-bond acceptors (Lipinski definition) is 4. The lowest BCUT2D eigenvalue weighted by Crippen LogP contribution is -2.29. The van der Waals surface area contributed by atoms with E-state index in [-0.39, 0.29) is 0 Å². The van der Waals surface area contributed by atoms with Crippen LogP contribution in [0.5, 0.6) is 0 Å². The van der Waals surface area contributed by atoms with Crippen molar-refractivity contribution in [3.8, 4) is 0 Å². The molecule has 0 fully saturated rings. The number of anilines is 2. The predicted molar refractivity (Wildman–Crippen MR) is 75.3 cm³/mol. The number of aryl methyl sites for hydroxylation is 1. The van der Waals surface area contributed by atoms with E-state index in [0.717, 1.165) is 11.1 Å². The lowest BCUT2D eigenvalue weighted by atomic mass is 10.1. The molecule has 0 bridgehead atoms. The van der Waals surface area contributed by atoms with Gasteiger partial charge in [0, 0.05) is 17.3 Å². The third kappa shape index (κ3) is 3.17. The van der Waals surface area contributed by atoms with Gasteiger partial charge < -0.3 is 5.32 Å². The van der Waals surface area contributed by atoms with Crippen LogP contribution in [-0.2, 0) is 9.59 Å². The van der Waals surface area contributed by atoms with E-state index in [0.29, 0.717) is 10.8 Å². The Bertz CT molecular complexity index is 608. The van der Waals surface area contributed by atoms with Crippen LogP contribution in [0.2, 0.25) is 0 Å². The van der Waals surface area contributed by atoms with Gasteiger partial charge in [-0.2, -0.15) is 0 Å². The quantitative estimate of drug-likeness (QED) is 0.826. The molecular weight excluding hydrogens is 262 g/mol. The van der Waals surface area contributed by atoms with Crippen LogP contribution in [0.1, 0.15) is 11.1 Å². The Hall–Kier alpha value is -2.21. The van der Waals surface area contributed by atoms with Crippen LogP contribution in [0.25, 0.3) is 0 Å². The zero-order valence-electron chi connectivity index (χ0n) is 10.6. The Morgan fingerprint density at radius 1 is 1.16 bits per heavy atom. The summed E-state index contributed by atoms with van der Waals surface area (Å²) in [6.07, 6.45) is 1.56. The largest absolute Gasteiger partial charge is 0.318 e. The molecular formula is C13H13N3O2S. The zero-order chi connectivity index (χ0) is 13.8. The third-order valence-electron chi connectivity index (χ3n) is 2.71.